The van der Waals surface area contributed by atoms with Crippen molar-refractivity contribution in [2.24, 2.45) is 0 Å². The number of rotatable bonds is 22. The van der Waals surface area contributed by atoms with E-state index < -0.39 is 4.92 Å². The number of benzene rings is 1. The Balaban J connectivity index is 1.82. The molecule has 0 radical (unpaired) electrons. The summed E-state index contributed by atoms with van der Waals surface area (Å²) in [6.07, 6.45) is 25.8. The Hall–Kier alpha value is -1.91. The van der Waals surface area contributed by atoms with Crippen LogP contribution in [-0.2, 0) is 4.79 Å². The lowest BCUT2D eigenvalue weighted by molar-refractivity contribution is -0.384. The molecule has 0 aromatic heterocycles. The molecule has 33 heavy (non-hydrogen) atoms. The molecule has 0 atom stereocenters. The predicted octanol–water partition coefficient (Wildman–Crippen LogP) is 9.36. The normalized spacial score (nSPS) is 10.9. The minimum absolute atomic E-state index is 0.00343. The van der Waals surface area contributed by atoms with Crippen LogP contribution in [-0.4, -0.2) is 10.8 Å². The number of nitro benzene ring substituents is 1. The third-order valence-corrected chi connectivity index (χ3v) is 6.35. The van der Waals surface area contributed by atoms with Gasteiger partial charge in [0.2, 0.25) is 5.91 Å². The zero-order chi connectivity index (χ0) is 24.0. The lowest BCUT2D eigenvalue weighted by atomic mass is 10.0. The first-order valence-electron chi connectivity index (χ1n) is 13.7. The molecule has 0 heterocycles. The van der Waals surface area contributed by atoms with E-state index in [4.69, 9.17) is 0 Å². The van der Waals surface area contributed by atoms with Crippen LogP contribution in [0.1, 0.15) is 135 Å². The Morgan fingerprint density at radius 2 is 1.15 bits per heavy atom. The molecule has 188 valence electrons. The summed E-state index contributed by atoms with van der Waals surface area (Å²) < 4.78 is 0. The first-order chi connectivity index (χ1) is 16.1. The van der Waals surface area contributed by atoms with Crippen LogP contribution in [0.4, 0.5) is 11.4 Å². The Bertz CT molecular complexity index is 633. The minimum atomic E-state index is -0.451. The van der Waals surface area contributed by atoms with Gasteiger partial charge in [-0.1, -0.05) is 129 Å². The Labute approximate surface area is 202 Å². The van der Waals surface area contributed by atoms with Crippen molar-refractivity contribution in [1.29, 1.82) is 0 Å². The van der Waals surface area contributed by atoms with Crippen LogP contribution in [0.15, 0.2) is 24.3 Å². The van der Waals surface area contributed by atoms with Gasteiger partial charge in [-0.2, -0.15) is 0 Å². The van der Waals surface area contributed by atoms with Crippen molar-refractivity contribution in [3.63, 3.8) is 0 Å². The molecule has 0 fully saturated rings. The van der Waals surface area contributed by atoms with Crippen molar-refractivity contribution < 1.29 is 9.72 Å². The van der Waals surface area contributed by atoms with Gasteiger partial charge in [-0.05, 0) is 12.5 Å². The molecule has 1 amide bonds. The number of hydrogen-bond donors (Lipinski definition) is 1. The number of amides is 1. The summed E-state index contributed by atoms with van der Waals surface area (Å²) in [6, 6.07) is 6.09. The second kappa shape index (κ2) is 20.7. The van der Waals surface area contributed by atoms with Gasteiger partial charge in [0.1, 0.15) is 0 Å². The molecule has 0 saturated heterocycles. The fraction of sp³-hybridized carbons (Fsp3) is 0.750. The predicted molar refractivity (Wildman–Crippen MR) is 140 cm³/mol. The molecule has 1 aromatic rings. The summed E-state index contributed by atoms with van der Waals surface area (Å²) in [5.74, 6) is -0.0672. The van der Waals surface area contributed by atoms with Crippen molar-refractivity contribution in [2.45, 2.75) is 135 Å². The fourth-order valence-corrected chi connectivity index (χ4v) is 4.28. The van der Waals surface area contributed by atoms with Gasteiger partial charge in [0.05, 0.1) is 4.92 Å². The zero-order valence-corrected chi connectivity index (χ0v) is 21.1. The standard InChI is InChI=1S/C28H48N2O3/c1-2-3-4-5-6-7-8-9-10-11-12-13-14-15-16-17-18-19-20-24-28(31)29-26-22-21-23-27(25-26)30(32)33/h21-23,25H,2-20,24H2,1H3,(H,29,31). The summed E-state index contributed by atoms with van der Waals surface area (Å²) in [4.78, 5) is 22.3. The van der Waals surface area contributed by atoms with Gasteiger partial charge in [0.15, 0.2) is 0 Å². The quantitative estimate of drug-likeness (QED) is 0.106. The van der Waals surface area contributed by atoms with Gasteiger partial charge in [0, 0.05) is 24.2 Å². The maximum atomic E-state index is 12.0. The third-order valence-electron chi connectivity index (χ3n) is 6.35. The van der Waals surface area contributed by atoms with E-state index >= 15 is 0 Å². The van der Waals surface area contributed by atoms with Crippen molar-refractivity contribution >= 4 is 17.3 Å². The molecule has 0 saturated carbocycles. The molecule has 0 aliphatic rings. The lowest BCUT2D eigenvalue weighted by Gasteiger charge is -2.05. The van der Waals surface area contributed by atoms with Gasteiger partial charge < -0.3 is 5.32 Å². The van der Waals surface area contributed by atoms with E-state index in [1.807, 2.05) is 0 Å². The average Bonchev–Trinajstić information content (AvgIpc) is 2.80. The number of non-ortho nitro benzene ring substituents is 1. The largest absolute Gasteiger partial charge is 0.326 e. The second-order valence-electron chi connectivity index (χ2n) is 9.47. The molecule has 0 unspecified atom stereocenters. The molecule has 1 rings (SSSR count). The summed E-state index contributed by atoms with van der Waals surface area (Å²) in [6.45, 7) is 2.28. The second-order valence-corrected chi connectivity index (χ2v) is 9.47. The molecular formula is C28H48N2O3. The average molecular weight is 461 g/mol. The SMILES string of the molecule is CCCCCCCCCCCCCCCCCCCCCC(=O)Nc1cccc([N+](=O)[O-])c1. The van der Waals surface area contributed by atoms with Crippen molar-refractivity contribution in [2.75, 3.05) is 5.32 Å². The van der Waals surface area contributed by atoms with Crippen LogP contribution in [0.25, 0.3) is 0 Å². The highest BCUT2D eigenvalue weighted by Crippen LogP contribution is 2.18. The van der Waals surface area contributed by atoms with Crippen LogP contribution in [0.3, 0.4) is 0 Å². The van der Waals surface area contributed by atoms with Crippen LogP contribution < -0.4 is 5.32 Å². The zero-order valence-electron chi connectivity index (χ0n) is 21.1. The lowest BCUT2D eigenvalue weighted by Crippen LogP contribution is -2.11. The fourth-order valence-electron chi connectivity index (χ4n) is 4.28. The maximum Gasteiger partial charge on any atom is 0.271 e. The third kappa shape index (κ3) is 17.3. The highest BCUT2D eigenvalue weighted by Gasteiger charge is 2.08. The first kappa shape index (κ1) is 29.1. The highest BCUT2D eigenvalue weighted by molar-refractivity contribution is 5.90. The van der Waals surface area contributed by atoms with Gasteiger partial charge in [0.25, 0.3) is 5.69 Å². The van der Waals surface area contributed by atoms with E-state index in [1.165, 1.54) is 121 Å². The Morgan fingerprint density at radius 3 is 1.58 bits per heavy atom. The van der Waals surface area contributed by atoms with E-state index in [2.05, 4.69) is 12.2 Å². The Kier molecular flexibility index (Phi) is 18.2. The number of anilines is 1. The molecular weight excluding hydrogens is 412 g/mol. The van der Waals surface area contributed by atoms with Crippen LogP contribution in [0, 0.1) is 10.1 Å². The number of unbranched alkanes of at least 4 members (excludes halogenated alkanes) is 18. The molecule has 1 N–H and O–H groups in total. The topological polar surface area (TPSA) is 72.2 Å². The summed E-state index contributed by atoms with van der Waals surface area (Å²) in [7, 11) is 0. The van der Waals surface area contributed by atoms with Crippen LogP contribution in [0.2, 0.25) is 0 Å². The van der Waals surface area contributed by atoms with Crippen molar-refractivity contribution in [1.82, 2.24) is 0 Å². The number of carbonyl (C=O) groups excluding carboxylic acids is 1. The number of nitro groups is 1. The van der Waals surface area contributed by atoms with E-state index in [0.29, 0.717) is 12.1 Å². The molecule has 5 heteroatoms. The number of nitrogens with one attached hydrogen (secondary N) is 1. The molecule has 0 spiro atoms. The van der Waals surface area contributed by atoms with Gasteiger partial charge >= 0.3 is 0 Å². The van der Waals surface area contributed by atoms with Crippen molar-refractivity contribution in [3.8, 4) is 0 Å². The van der Waals surface area contributed by atoms with E-state index in [-0.39, 0.29) is 11.6 Å². The number of carbonyl (C=O) groups is 1. The van der Waals surface area contributed by atoms with Crippen LogP contribution in [0.5, 0.6) is 0 Å². The molecule has 1 aromatic carbocycles. The monoisotopic (exact) mass is 460 g/mol. The maximum absolute atomic E-state index is 12.0. The van der Waals surface area contributed by atoms with Crippen LogP contribution >= 0.6 is 0 Å². The smallest absolute Gasteiger partial charge is 0.271 e. The van der Waals surface area contributed by atoms with Gasteiger partial charge in [-0.25, -0.2) is 0 Å². The summed E-state index contributed by atoms with van der Waals surface area (Å²) in [5, 5.41) is 13.5. The summed E-state index contributed by atoms with van der Waals surface area (Å²) in [5.41, 5.74) is 0.489. The number of hydrogen-bond acceptors (Lipinski definition) is 3. The van der Waals surface area contributed by atoms with Gasteiger partial charge in [-0.3, -0.25) is 14.9 Å². The molecule has 0 bridgehead atoms. The number of nitrogens with zero attached hydrogens (tertiary/aromatic N) is 1. The van der Waals surface area contributed by atoms with E-state index in [0.717, 1.165) is 12.8 Å². The molecule has 5 nitrogen and oxygen atoms in total. The van der Waals surface area contributed by atoms with E-state index in [9.17, 15) is 14.9 Å². The van der Waals surface area contributed by atoms with E-state index in [1.54, 1.807) is 12.1 Å². The van der Waals surface area contributed by atoms with Crippen molar-refractivity contribution in [3.05, 3.63) is 34.4 Å². The highest BCUT2D eigenvalue weighted by atomic mass is 16.6. The Morgan fingerprint density at radius 1 is 0.727 bits per heavy atom. The van der Waals surface area contributed by atoms with Gasteiger partial charge in [-0.15, -0.1) is 0 Å². The summed E-state index contributed by atoms with van der Waals surface area (Å²) >= 11 is 0. The minimum Gasteiger partial charge on any atom is -0.326 e. The molecule has 0 aliphatic carbocycles. The molecule has 0 aliphatic heterocycles. The first-order valence-corrected chi connectivity index (χ1v) is 13.7.